The molecule has 5 rings (SSSR count). The van der Waals surface area contributed by atoms with Gasteiger partial charge in [-0.1, -0.05) is 72.8 Å². The molecule has 0 unspecified atom stereocenters. The van der Waals surface area contributed by atoms with Crippen molar-refractivity contribution in [1.82, 2.24) is 5.32 Å². The van der Waals surface area contributed by atoms with Crippen LogP contribution in [0.1, 0.15) is 22.8 Å². The Morgan fingerprint density at radius 1 is 0.773 bits per heavy atom. The van der Waals surface area contributed by atoms with Gasteiger partial charge in [0.25, 0.3) is 11.8 Å². The molecule has 7 nitrogen and oxygen atoms in total. The van der Waals surface area contributed by atoms with Crippen LogP contribution >= 0.6 is 11.8 Å². The Morgan fingerprint density at radius 2 is 1.50 bits per heavy atom. The van der Waals surface area contributed by atoms with Crippen molar-refractivity contribution >= 4 is 57.7 Å². The average molecular weight is 602 g/mol. The van der Waals surface area contributed by atoms with Crippen molar-refractivity contribution in [2.75, 3.05) is 23.0 Å². The molecule has 0 aliphatic rings. The van der Waals surface area contributed by atoms with Gasteiger partial charge in [0, 0.05) is 27.2 Å². The summed E-state index contributed by atoms with van der Waals surface area (Å²) < 4.78 is 5.51. The maximum atomic E-state index is 13.5. The molecule has 220 valence electrons. The van der Waals surface area contributed by atoms with Gasteiger partial charge in [0.2, 0.25) is 5.91 Å². The SMILES string of the molecule is CCOc1ccc(/C=C(/NC(=O)c2ccccc2)C(=O)Nc2cccc(SCC(=O)Nc3cccc4ccccc34)c2)cc1. The molecule has 3 amide bonds. The monoisotopic (exact) mass is 601 g/mol. The molecule has 0 fully saturated rings. The molecule has 0 atom stereocenters. The third-order valence-corrected chi connectivity index (χ3v) is 7.55. The second-order valence-electron chi connectivity index (χ2n) is 9.73. The van der Waals surface area contributed by atoms with Crippen molar-refractivity contribution in [3.8, 4) is 5.75 Å². The fraction of sp³-hybridized carbons (Fsp3) is 0.0833. The fourth-order valence-corrected chi connectivity index (χ4v) is 5.22. The summed E-state index contributed by atoms with van der Waals surface area (Å²) in [6.07, 6.45) is 1.61. The lowest BCUT2D eigenvalue weighted by Gasteiger charge is -2.12. The molecule has 5 aromatic carbocycles. The van der Waals surface area contributed by atoms with Crippen molar-refractivity contribution in [3.05, 3.63) is 138 Å². The normalized spacial score (nSPS) is 11.1. The highest BCUT2D eigenvalue weighted by molar-refractivity contribution is 8.00. The summed E-state index contributed by atoms with van der Waals surface area (Å²) in [4.78, 5) is 40.0. The number of benzene rings is 5. The number of carbonyl (C=O) groups is 3. The van der Waals surface area contributed by atoms with E-state index in [-0.39, 0.29) is 17.4 Å². The van der Waals surface area contributed by atoms with E-state index in [9.17, 15) is 14.4 Å². The van der Waals surface area contributed by atoms with Crippen LogP contribution < -0.4 is 20.7 Å². The van der Waals surface area contributed by atoms with Crippen LogP contribution in [0, 0.1) is 0 Å². The number of anilines is 2. The van der Waals surface area contributed by atoms with Crippen LogP contribution in [0.15, 0.2) is 132 Å². The molecule has 0 bridgehead atoms. The van der Waals surface area contributed by atoms with Crippen LogP contribution in [-0.2, 0) is 9.59 Å². The first-order chi connectivity index (χ1) is 21.5. The number of hydrogen-bond acceptors (Lipinski definition) is 5. The van der Waals surface area contributed by atoms with E-state index in [0.29, 0.717) is 29.2 Å². The van der Waals surface area contributed by atoms with E-state index in [0.717, 1.165) is 21.4 Å². The maximum Gasteiger partial charge on any atom is 0.272 e. The molecule has 0 saturated carbocycles. The van der Waals surface area contributed by atoms with Gasteiger partial charge in [-0.2, -0.15) is 0 Å². The summed E-state index contributed by atoms with van der Waals surface area (Å²) in [5.74, 6) is -0.121. The van der Waals surface area contributed by atoms with E-state index < -0.39 is 11.8 Å². The average Bonchev–Trinajstić information content (AvgIpc) is 3.05. The van der Waals surface area contributed by atoms with E-state index in [1.807, 2.05) is 73.7 Å². The van der Waals surface area contributed by atoms with Gasteiger partial charge in [0.1, 0.15) is 11.4 Å². The largest absolute Gasteiger partial charge is 0.494 e. The zero-order valence-electron chi connectivity index (χ0n) is 24.1. The Kier molecular flexibility index (Phi) is 10.1. The van der Waals surface area contributed by atoms with Gasteiger partial charge in [-0.3, -0.25) is 14.4 Å². The number of fused-ring (bicyclic) bond motifs is 1. The van der Waals surface area contributed by atoms with E-state index >= 15 is 0 Å². The summed E-state index contributed by atoms with van der Waals surface area (Å²) in [7, 11) is 0. The first-order valence-corrected chi connectivity index (χ1v) is 15.1. The summed E-state index contributed by atoms with van der Waals surface area (Å²) >= 11 is 1.36. The second-order valence-corrected chi connectivity index (χ2v) is 10.8. The lowest BCUT2D eigenvalue weighted by molar-refractivity contribution is -0.114. The number of hydrogen-bond donors (Lipinski definition) is 3. The van der Waals surface area contributed by atoms with Gasteiger partial charge in [0.15, 0.2) is 0 Å². The van der Waals surface area contributed by atoms with Crippen molar-refractivity contribution in [2.45, 2.75) is 11.8 Å². The standard InChI is InChI=1S/C36H31N3O4S/c1-2-43-29-20-18-25(19-21-29)22-33(39-35(41)27-11-4-3-5-12-27)36(42)37-28-14-9-15-30(23-28)44-24-34(40)38-32-17-8-13-26-10-6-7-16-31(26)32/h3-23H,2,24H2,1H3,(H,37,42)(H,38,40)(H,39,41)/b33-22+. The van der Waals surface area contributed by atoms with Crippen LogP contribution in [0.25, 0.3) is 16.8 Å². The lowest BCUT2D eigenvalue weighted by atomic mass is 10.1. The molecule has 8 heteroatoms. The van der Waals surface area contributed by atoms with Gasteiger partial charge in [-0.05, 0) is 72.5 Å². The van der Waals surface area contributed by atoms with Crippen molar-refractivity contribution in [3.63, 3.8) is 0 Å². The second kappa shape index (κ2) is 14.7. The lowest BCUT2D eigenvalue weighted by Crippen LogP contribution is -2.30. The highest BCUT2D eigenvalue weighted by atomic mass is 32.2. The summed E-state index contributed by atoms with van der Waals surface area (Å²) in [6, 6.07) is 36.9. The van der Waals surface area contributed by atoms with Crippen LogP contribution in [0.4, 0.5) is 11.4 Å². The molecule has 0 saturated heterocycles. The summed E-state index contributed by atoms with van der Waals surface area (Å²) in [6.45, 7) is 2.45. The molecule has 0 spiro atoms. The first-order valence-electron chi connectivity index (χ1n) is 14.1. The van der Waals surface area contributed by atoms with Crippen LogP contribution in [0.2, 0.25) is 0 Å². The molecule has 0 aromatic heterocycles. The molecule has 5 aromatic rings. The fourth-order valence-electron chi connectivity index (χ4n) is 4.47. The van der Waals surface area contributed by atoms with Gasteiger partial charge in [-0.15, -0.1) is 11.8 Å². The van der Waals surface area contributed by atoms with Gasteiger partial charge in [-0.25, -0.2) is 0 Å². The number of amides is 3. The molecule has 3 N–H and O–H groups in total. The third kappa shape index (κ3) is 8.14. The summed E-state index contributed by atoms with van der Waals surface area (Å²) in [5.41, 5.74) is 2.52. The van der Waals surface area contributed by atoms with Crippen LogP contribution in [0.5, 0.6) is 5.75 Å². The van der Waals surface area contributed by atoms with E-state index in [2.05, 4.69) is 16.0 Å². The molecular formula is C36H31N3O4S. The van der Waals surface area contributed by atoms with Crippen molar-refractivity contribution in [1.29, 1.82) is 0 Å². The van der Waals surface area contributed by atoms with Crippen molar-refractivity contribution in [2.24, 2.45) is 0 Å². The van der Waals surface area contributed by atoms with Gasteiger partial charge in [0.05, 0.1) is 12.4 Å². The van der Waals surface area contributed by atoms with Gasteiger partial charge < -0.3 is 20.7 Å². The van der Waals surface area contributed by atoms with E-state index in [1.165, 1.54) is 11.8 Å². The molecule has 0 aliphatic heterocycles. The number of thioether (sulfide) groups is 1. The van der Waals surface area contributed by atoms with Gasteiger partial charge >= 0.3 is 0 Å². The van der Waals surface area contributed by atoms with Crippen molar-refractivity contribution < 1.29 is 19.1 Å². The van der Waals surface area contributed by atoms with E-state index in [4.69, 9.17) is 4.74 Å². The van der Waals surface area contributed by atoms with Crippen LogP contribution in [-0.4, -0.2) is 30.1 Å². The van der Waals surface area contributed by atoms with Crippen LogP contribution in [0.3, 0.4) is 0 Å². The zero-order valence-corrected chi connectivity index (χ0v) is 24.9. The molecule has 0 aliphatic carbocycles. The predicted octanol–water partition coefficient (Wildman–Crippen LogP) is 7.38. The topological polar surface area (TPSA) is 96.5 Å². The maximum absolute atomic E-state index is 13.5. The Morgan fingerprint density at radius 3 is 2.30 bits per heavy atom. The number of rotatable bonds is 11. The number of nitrogens with one attached hydrogen (secondary N) is 3. The molecule has 0 heterocycles. The number of carbonyl (C=O) groups excluding carboxylic acids is 3. The Bertz CT molecular complexity index is 1800. The number of ether oxygens (including phenoxy) is 1. The Balaban J connectivity index is 1.27. The zero-order chi connectivity index (χ0) is 30.7. The molecule has 44 heavy (non-hydrogen) atoms. The Labute approximate surface area is 260 Å². The molecular weight excluding hydrogens is 570 g/mol. The quantitative estimate of drug-likeness (QED) is 0.108. The predicted molar refractivity (Wildman–Crippen MR) is 178 cm³/mol. The first kappa shape index (κ1) is 30.1. The highest BCUT2D eigenvalue weighted by Crippen LogP contribution is 2.25. The Hall–Kier alpha value is -5.34. The minimum absolute atomic E-state index is 0.0792. The molecule has 0 radical (unpaired) electrons. The minimum atomic E-state index is -0.487. The minimum Gasteiger partial charge on any atom is -0.494 e. The highest BCUT2D eigenvalue weighted by Gasteiger charge is 2.16. The third-order valence-electron chi connectivity index (χ3n) is 6.56. The summed E-state index contributed by atoms with van der Waals surface area (Å²) in [5, 5.41) is 10.7. The smallest absolute Gasteiger partial charge is 0.272 e. The van der Waals surface area contributed by atoms with E-state index in [1.54, 1.807) is 60.7 Å².